The third-order valence-corrected chi connectivity index (χ3v) is 4.58. The SMILES string of the molecule is CCc1noc(C)c1-c1[nH]c2ccccc2c1CCC(=O)C(=O)N(C)C. The summed E-state index contributed by atoms with van der Waals surface area (Å²) in [6, 6.07) is 7.97. The largest absolute Gasteiger partial charge is 0.361 e. The van der Waals surface area contributed by atoms with Gasteiger partial charge in [0, 0.05) is 31.4 Å². The first-order chi connectivity index (χ1) is 12.4. The molecule has 26 heavy (non-hydrogen) atoms. The van der Waals surface area contributed by atoms with E-state index in [4.69, 9.17) is 4.52 Å². The summed E-state index contributed by atoms with van der Waals surface area (Å²) in [4.78, 5) is 28.8. The third-order valence-electron chi connectivity index (χ3n) is 4.58. The molecular formula is C20H23N3O3. The Labute approximate surface area is 152 Å². The number of amides is 1. The number of carbonyl (C=O) groups is 2. The number of ketones is 1. The van der Waals surface area contributed by atoms with Crippen LogP contribution < -0.4 is 0 Å². The minimum atomic E-state index is -0.471. The predicted octanol–water partition coefficient (Wildman–Crippen LogP) is 3.28. The van der Waals surface area contributed by atoms with E-state index in [-0.39, 0.29) is 12.2 Å². The first kappa shape index (κ1) is 17.9. The molecule has 0 bridgehead atoms. The van der Waals surface area contributed by atoms with E-state index in [1.54, 1.807) is 14.1 Å². The van der Waals surface area contributed by atoms with Gasteiger partial charge in [0.05, 0.1) is 17.0 Å². The van der Waals surface area contributed by atoms with Crippen LogP contribution in [-0.2, 0) is 22.4 Å². The number of hydrogen-bond acceptors (Lipinski definition) is 4. The third kappa shape index (κ3) is 3.14. The van der Waals surface area contributed by atoms with Crippen LogP contribution >= 0.6 is 0 Å². The van der Waals surface area contributed by atoms with Crippen molar-refractivity contribution < 1.29 is 14.1 Å². The van der Waals surface area contributed by atoms with Crippen molar-refractivity contribution in [3.8, 4) is 11.3 Å². The number of aryl methyl sites for hydroxylation is 3. The second kappa shape index (κ2) is 7.15. The first-order valence-corrected chi connectivity index (χ1v) is 8.73. The Kier molecular flexibility index (Phi) is 4.93. The fourth-order valence-electron chi connectivity index (χ4n) is 3.25. The molecule has 3 rings (SSSR count). The molecule has 1 amide bonds. The Morgan fingerprint density at radius 3 is 2.65 bits per heavy atom. The van der Waals surface area contributed by atoms with Crippen LogP contribution in [0.25, 0.3) is 22.2 Å². The number of aromatic amines is 1. The van der Waals surface area contributed by atoms with Crippen LogP contribution in [0.3, 0.4) is 0 Å². The number of rotatable bonds is 6. The van der Waals surface area contributed by atoms with Crippen molar-refractivity contribution in [2.24, 2.45) is 0 Å². The molecule has 1 N–H and O–H groups in total. The van der Waals surface area contributed by atoms with Crippen LogP contribution in [0.1, 0.15) is 30.4 Å². The molecule has 0 unspecified atom stereocenters. The molecule has 0 spiro atoms. The molecule has 0 saturated carbocycles. The highest BCUT2D eigenvalue weighted by Crippen LogP contribution is 2.35. The topological polar surface area (TPSA) is 79.2 Å². The van der Waals surface area contributed by atoms with Crippen molar-refractivity contribution in [3.63, 3.8) is 0 Å². The molecule has 6 nitrogen and oxygen atoms in total. The summed E-state index contributed by atoms with van der Waals surface area (Å²) in [5.41, 5.74) is 4.76. The van der Waals surface area contributed by atoms with Crippen molar-refractivity contribution in [1.29, 1.82) is 0 Å². The van der Waals surface area contributed by atoms with Gasteiger partial charge in [-0.25, -0.2) is 0 Å². The van der Waals surface area contributed by atoms with Gasteiger partial charge < -0.3 is 14.4 Å². The maximum absolute atomic E-state index is 12.2. The zero-order valence-corrected chi connectivity index (χ0v) is 15.5. The van der Waals surface area contributed by atoms with E-state index in [0.29, 0.717) is 6.42 Å². The quantitative estimate of drug-likeness (QED) is 0.690. The number of aromatic nitrogens is 2. The molecule has 2 heterocycles. The highest BCUT2D eigenvalue weighted by molar-refractivity contribution is 6.35. The lowest BCUT2D eigenvalue weighted by atomic mass is 9.98. The van der Waals surface area contributed by atoms with Crippen LogP contribution in [0, 0.1) is 6.92 Å². The Bertz CT molecular complexity index is 966. The summed E-state index contributed by atoms with van der Waals surface area (Å²) < 4.78 is 5.39. The van der Waals surface area contributed by atoms with Crippen LogP contribution in [0.5, 0.6) is 0 Å². The molecule has 0 aliphatic carbocycles. The van der Waals surface area contributed by atoms with Gasteiger partial charge in [0.2, 0.25) is 5.78 Å². The van der Waals surface area contributed by atoms with E-state index < -0.39 is 5.91 Å². The van der Waals surface area contributed by atoms with Gasteiger partial charge in [-0.05, 0) is 31.4 Å². The molecule has 0 fully saturated rings. The van der Waals surface area contributed by atoms with E-state index in [9.17, 15) is 9.59 Å². The number of nitrogens with one attached hydrogen (secondary N) is 1. The lowest BCUT2D eigenvalue weighted by Crippen LogP contribution is -2.29. The Morgan fingerprint density at radius 1 is 1.23 bits per heavy atom. The number of para-hydroxylation sites is 1. The van der Waals surface area contributed by atoms with Crippen molar-refractivity contribution in [2.75, 3.05) is 14.1 Å². The highest BCUT2D eigenvalue weighted by Gasteiger charge is 2.22. The second-order valence-corrected chi connectivity index (χ2v) is 6.56. The number of carbonyl (C=O) groups excluding carboxylic acids is 2. The molecule has 0 aliphatic rings. The van der Waals surface area contributed by atoms with E-state index in [1.807, 2.05) is 38.1 Å². The standard InChI is InChI=1S/C20H23N3O3/c1-5-15-18(12(2)26-22-15)19-14(10-11-17(24)20(25)23(3)4)13-8-6-7-9-16(13)21-19/h6-9,21H,5,10-11H2,1-4H3. The van der Waals surface area contributed by atoms with Gasteiger partial charge in [-0.1, -0.05) is 30.3 Å². The molecule has 3 aromatic rings. The summed E-state index contributed by atoms with van der Waals surface area (Å²) in [7, 11) is 3.18. The molecule has 6 heteroatoms. The highest BCUT2D eigenvalue weighted by atomic mass is 16.5. The molecular weight excluding hydrogens is 330 g/mol. The van der Waals surface area contributed by atoms with Gasteiger partial charge in [0.25, 0.3) is 5.91 Å². The predicted molar refractivity (Wildman–Crippen MR) is 99.9 cm³/mol. The van der Waals surface area contributed by atoms with Gasteiger partial charge in [0.1, 0.15) is 5.76 Å². The fraction of sp³-hybridized carbons (Fsp3) is 0.350. The average Bonchev–Trinajstić information content (AvgIpc) is 3.18. The summed E-state index contributed by atoms with van der Waals surface area (Å²) in [6.07, 6.45) is 1.39. The molecule has 0 saturated heterocycles. The second-order valence-electron chi connectivity index (χ2n) is 6.56. The number of hydrogen-bond donors (Lipinski definition) is 1. The van der Waals surface area contributed by atoms with Crippen LogP contribution in [-0.4, -0.2) is 40.8 Å². The monoisotopic (exact) mass is 353 g/mol. The number of nitrogens with zero attached hydrogens (tertiary/aromatic N) is 2. The summed E-state index contributed by atoms with van der Waals surface area (Å²) in [5, 5.41) is 5.20. The molecule has 2 aromatic heterocycles. The first-order valence-electron chi connectivity index (χ1n) is 8.73. The molecule has 0 aliphatic heterocycles. The van der Waals surface area contributed by atoms with E-state index in [1.165, 1.54) is 4.90 Å². The lowest BCUT2D eigenvalue weighted by molar-refractivity contribution is -0.142. The Hall–Kier alpha value is -2.89. The van der Waals surface area contributed by atoms with Gasteiger partial charge in [-0.3, -0.25) is 9.59 Å². The van der Waals surface area contributed by atoms with Crippen molar-refractivity contribution in [3.05, 3.63) is 41.3 Å². The number of likely N-dealkylation sites (N-methyl/N-ethyl adjacent to an activating group) is 1. The lowest BCUT2D eigenvalue weighted by Gasteiger charge is -2.09. The smallest absolute Gasteiger partial charge is 0.289 e. The van der Waals surface area contributed by atoms with E-state index in [0.717, 1.165) is 45.6 Å². The normalized spacial score (nSPS) is 11.1. The minimum absolute atomic E-state index is 0.164. The van der Waals surface area contributed by atoms with Gasteiger partial charge in [0.15, 0.2) is 0 Å². The molecule has 136 valence electrons. The number of fused-ring (bicyclic) bond motifs is 1. The van der Waals surface area contributed by atoms with Crippen LogP contribution in [0.2, 0.25) is 0 Å². The zero-order chi connectivity index (χ0) is 18.8. The van der Waals surface area contributed by atoms with Crippen molar-refractivity contribution >= 4 is 22.6 Å². The summed E-state index contributed by atoms with van der Waals surface area (Å²) >= 11 is 0. The number of H-pyrrole nitrogens is 1. The Balaban J connectivity index is 2.05. The van der Waals surface area contributed by atoms with E-state index in [2.05, 4.69) is 10.1 Å². The molecule has 0 atom stereocenters. The molecule has 1 aromatic carbocycles. The summed E-state index contributed by atoms with van der Waals surface area (Å²) in [6.45, 7) is 3.92. The van der Waals surface area contributed by atoms with Crippen molar-refractivity contribution in [1.82, 2.24) is 15.0 Å². The minimum Gasteiger partial charge on any atom is -0.361 e. The maximum atomic E-state index is 12.2. The molecule has 0 radical (unpaired) electrons. The maximum Gasteiger partial charge on any atom is 0.289 e. The zero-order valence-electron chi connectivity index (χ0n) is 15.5. The number of Topliss-reactive ketones (excluding diaryl/α,β-unsaturated/α-hetero) is 1. The number of benzene rings is 1. The van der Waals surface area contributed by atoms with Crippen LogP contribution in [0.4, 0.5) is 0 Å². The van der Waals surface area contributed by atoms with Crippen molar-refractivity contribution in [2.45, 2.75) is 33.1 Å². The van der Waals surface area contributed by atoms with Gasteiger partial charge >= 0.3 is 0 Å². The fourth-order valence-corrected chi connectivity index (χ4v) is 3.25. The van der Waals surface area contributed by atoms with Crippen LogP contribution in [0.15, 0.2) is 28.8 Å². The van der Waals surface area contributed by atoms with Gasteiger partial charge in [-0.15, -0.1) is 0 Å². The average molecular weight is 353 g/mol. The Morgan fingerprint density at radius 2 is 1.96 bits per heavy atom. The van der Waals surface area contributed by atoms with E-state index >= 15 is 0 Å². The summed E-state index contributed by atoms with van der Waals surface area (Å²) in [5.74, 6) is -0.115. The van der Waals surface area contributed by atoms with Gasteiger partial charge in [-0.2, -0.15) is 0 Å².